The molecule has 9 nitrogen and oxygen atoms in total. The van der Waals surface area contributed by atoms with Gasteiger partial charge in [0, 0.05) is 62.7 Å². The SMILES string of the molecule is CC1CN(c2cc(F)c(C3=CCN(c4ncc(F)cn4)C3)c(F)c2NC(=O)c2c[nH]c(=O)cc2C(F)F)CCN1C. The van der Waals surface area contributed by atoms with Crippen LogP contribution in [0.25, 0.3) is 5.57 Å². The Morgan fingerprint density at radius 2 is 1.85 bits per heavy atom. The van der Waals surface area contributed by atoms with Crippen molar-refractivity contribution in [1.29, 1.82) is 0 Å². The minimum absolute atomic E-state index is 0.00674. The number of aromatic nitrogens is 3. The van der Waals surface area contributed by atoms with Crippen molar-refractivity contribution in [1.82, 2.24) is 19.9 Å². The fourth-order valence-corrected chi connectivity index (χ4v) is 4.94. The summed E-state index contributed by atoms with van der Waals surface area (Å²) >= 11 is 0. The number of nitrogens with zero attached hydrogens (tertiary/aromatic N) is 5. The predicted molar refractivity (Wildman–Crippen MR) is 143 cm³/mol. The van der Waals surface area contributed by atoms with E-state index in [1.165, 1.54) is 0 Å². The highest BCUT2D eigenvalue weighted by Gasteiger charge is 2.31. The lowest BCUT2D eigenvalue weighted by molar-refractivity contribution is 0.101. The van der Waals surface area contributed by atoms with Gasteiger partial charge in [0.05, 0.1) is 29.2 Å². The third kappa shape index (κ3) is 5.64. The lowest BCUT2D eigenvalue weighted by atomic mass is 10.0. The van der Waals surface area contributed by atoms with Gasteiger partial charge in [0.15, 0.2) is 11.6 Å². The minimum atomic E-state index is -3.15. The zero-order valence-electron chi connectivity index (χ0n) is 22.1. The van der Waals surface area contributed by atoms with E-state index < -0.39 is 52.0 Å². The van der Waals surface area contributed by atoms with Crippen LogP contribution >= 0.6 is 0 Å². The van der Waals surface area contributed by atoms with Crippen LogP contribution in [0.15, 0.2) is 41.6 Å². The van der Waals surface area contributed by atoms with E-state index >= 15 is 8.78 Å². The van der Waals surface area contributed by atoms with Crippen molar-refractivity contribution in [2.24, 2.45) is 0 Å². The van der Waals surface area contributed by atoms with E-state index in [1.54, 1.807) is 15.9 Å². The molecule has 216 valence electrons. The molecule has 0 aliphatic carbocycles. The van der Waals surface area contributed by atoms with Crippen LogP contribution in [0.5, 0.6) is 0 Å². The molecule has 1 fully saturated rings. The number of nitrogens with one attached hydrogen (secondary N) is 2. The topological polar surface area (TPSA) is 97.5 Å². The van der Waals surface area contributed by atoms with E-state index in [-0.39, 0.29) is 42.0 Å². The van der Waals surface area contributed by atoms with Gasteiger partial charge in [-0.25, -0.2) is 31.9 Å². The van der Waals surface area contributed by atoms with Crippen molar-refractivity contribution < 1.29 is 26.7 Å². The lowest BCUT2D eigenvalue weighted by Crippen LogP contribution is -2.50. The molecular weight excluding hydrogens is 549 g/mol. The summed E-state index contributed by atoms with van der Waals surface area (Å²) in [6, 6.07) is 1.74. The number of aromatic amines is 1. The second-order valence-electron chi connectivity index (χ2n) is 9.95. The van der Waals surface area contributed by atoms with E-state index in [4.69, 9.17) is 0 Å². The summed E-state index contributed by atoms with van der Waals surface area (Å²) in [6.07, 6.45) is 1.21. The molecule has 2 aliphatic heterocycles. The molecule has 4 heterocycles. The van der Waals surface area contributed by atoms with Gasteiger partial charge in [0.2, 0.25) is 11.5 Å². The van der Waals surface area contributed by atoms with Crippen molar-refractivity contribution in [3.05, 3.63) is 81.3 Å². The molecule has 1 saturated heterocycles. The first-order valence-electron chi connectivity index (χ1n) is 12.7. The highest BCUT2D eigenvalue weighted by molar-refractivity contribution is 6.07. The number of benzene rings is 1. The molecule has 1 aromatic carbocycles. The van der Waals surface area contributed by atoms with E-state index in [0.717, 1.165) is 24.7 Å². The average molecular weight is 576 g/mol. The Labute approximate surface area is 231 Å². The van der Waals surface area contributed by atoms with E-state index in [2.05, 4.69) is 25.2 Å². The maximum atomic E-state index is 16.3. The highest BCUT2D eigenvalue weighted by Crippen LogP contribution is 2.39. The Kier molecular flexibility index (Phi) is 7.76. The smallest absolute Gasteiger partial charge is 0.264 e. The largest absolute Gasteiger partial charge is 0.367 e. The summed E-state index contributed by atoms with van der Waals surface area (Å²) in [6.45, 7) is 3.47. The van der Waals surface area contributed by atoms with Crippen molar-refractivity contribution in [2.45, 2.75) is 19.4 Å². The summed E-state index contributed by atoms with van der Waals surface area (Å²) in [5, 5.41) is 2.37. The van der Waals surface area contributed by atoms with Crippen molar-refractivity contribution >= 4 is 28.8 Å². The number of piperazine rings is 1. The predicted octanol–water partition coefficient (Wildman–Crippen LogP) is 3.82. The van der Waals surface area contributed by atoms with Crippen LogP contribution in [0.3, 0.4) is 0 Å². The van der Waals surface area contributed by atoms with Gasteiger partial charge in [-0.05, 0) is 19.5 Å². The van der Waals surface area contributed by atoms with Crippen LogP contribution in [0, 0.1) is 17.5 Å². The van der Waals surface area contributed by atoms with Gasteiger partial charge in [-0.3, -0.25) is 9.59 Å². The number of halogens is 5. The Morgan fingerprint density at radius 1 is 1.12 bits per heavy atom. The molecule has 2 aliphatic rings. The number of pyridine rings is 1. The second kappa shape index (κ2) is 11.3. The van der Waals surface area contributed by atoms with Crippen LogP contribution in [-0.4, -0.2) is 71.6 Å². The monoisotopic (exact) mass is 575 g/mol. The number of carbonyl (C=O) groups excluding carboxylic acids is 1. The molecule has 0 radical (unpaired) electrons. The summed E-state index contributed by atoms with van der Waals surface area (Å²) in [4.78, 5) is 40.2. The maximum absolute atomic E-state index is 16.3. The normalized spacial score (nSPS) is 17.8. The van der Waals surface area contributed by atoms with Gasteiger partial charge in [-0.15, -0.1) is 0 Å². The first kappa shape index (κ1) is 28.2. The summed E-state index contributed by atoms with van der Waals surface area (Å²) in [5.41, 5.74) is -2.71. The molecule has 0 bridgehead atoms. The summed E-state index contributed by atoms with van der Waals surface area (Å²) < 4.78 is 72.5. The molecule has 3 aromatic rings. The van der Waals surface area contributed by atoms with Gasteiger partial charge in [0.25, 0.3) is 12.3 Å². The van der Waals surface area contributed by atoms with Crippen molar-refractivity contribution in [3.63, 3.8) is 0 Å². The van der Waals surface area contributed by atoms with Crippen molar-refractivity contribution in [3.8, 4) is 0 Å². The number of anilines is 3. The molecule has 2 aromatic heterocycles. The van der Waals surface area contributed by atoms with Crippen LogP contribution in [-0.2, 0) is 0 Å². The molecule has 1 amide bonds. The Bertz CT molecular complexity index is 1560. The molecule has 2 N–H and O–H groups in total. The molecule has 14 heteroatoms. The molecule has 0 saturated carbocycles. The van der Waals surface area contributed by atoms with Crippen LogP contribution in [0.1, 0.15) is 34.8 Å². The number of H-pyrrole nitrogens is 1. The first-order chi connectivity index (χ1) is 19.5. The zero-order valence-corrected chi connectivity index (χ0v) is 22.1. The van der Waals surface area contributed by atoms with Crippen LogP contribution in [0.2, 0.25) is 0 Å². The Hall–Kier alpha value is -4.33. The van der Waals surface area contributed by atoms with Gasteiger partial charge >= 0.3 is 0 Å². The van der Waals surface area contributed by atoms with Crippen LogP contribution < -0.4 is 20.7 Å². The van der Waals surface area contributed by atoms with Crippen molar-refractivity contribution in [2.75, 3.05) is 54.9 Å². The Balaban J connectivity index is 1.55. The quantitative estimate of drug-likeness (QED) is 0.432. The third-order valence-electron chi connectivity index (χ3n) is 7.30. The lowest BCUT2D eigenvalue weighted by Gasteiger charge is -2.40. The molecule has 41 heavy (non-hydrogen) atoms. The number of amides is 1. The number of likely N-dealkylation sites (N-methyl/N-ethyl adjacent to an activating group) is 1. The van der Waals surface area contributed by atoms with Gasteiger partial charge in [-0.1, -0.05) is 6.08 Å². The van der Waals surface area contributed by atoms with Gasteiger partial charge < -0.3 is 25.0 Å². The van der Waals surface area contributed by atoms with E-state index in [9.17, 15) is 22.8 Å². The maximum Gasteiger partial charge on any atom is 0.264 e. The summed E-state index contributed by atoms with van der Waals surface area (Å²) in [7, 11) is 1.92. The highest BCUT2D eigenvalue weighted by atomic mass is 19.3. The second-order valence-corrected chi connectivity index (χ2v) is 9.95. The number of hydrogen-bond donors (Lipinski definition) is 2. The zero-order chi connectivity index (χ0) is 29.4. The molecule has 0 spiro atoms. The third-order valence-corrected chi connectivity index (χ3v) is 7.30. The number of hydrogen-bond acceptors (Lipinski definition) is 7. The van der Waals surface area contributed by atoms with Gasteiger partial charge in [0.1, 0.15) is 11.5 Å². The molecule has 1 unspecified atom stereocenters. The van der Waals surface area contributed by atoms with Crippen LogP contribution in [0.4, 0.5) is 39.3 Å². The number of alkyl halides is 2. The minimum Gasteiger partial charge on any atom is -0.367 e. The first-order valence-corrected chi connectivity index (χ1v) is 12.7. The fourth-order valence-electron chi connectivity index (χ4n) is 4.94. The molecule has 5 rings (SSSR count). The summed E-state index contributed by atoms with van der Waals surface area (Å²) in [5.74, 6) is -3.54. The molecular formula is C27H26F5N7O2. The Morgan fingerprint density at radius 3 is 2.54 bits per heavy atom. The molecule has 1 atom stereocenters. The number of rotatable bonds is 6. The number of carbonyl (C=O) groups is 1. The van der Waals surface area contributed by atoms with E-state index in [0.29, 0.717) is 25.7 Å². The van der Waals surface area contributed by atoms with E-state index in [1.807, 2.05) is 14.0 Å². The average Bonchev–Trinajstić information content (AvgIpc) is 3.41. The van der Waals surface area contributed by atoms with Gasteiger partial charge in [-0.2, -0.15) is 0 Å². The fraction of sp³-hybridized carbons (Fsp3) is 0.333. The standard InChI is InChI=1S/C27H26F5N7O2/c1-14-12-38(6-5-37(14)2)20-8-19(29)22(15-3-4-39(13-15)27-34-9-16(28)10-35-27)23(30)24(20)36-26(41)18-11-33-21(40)7-17(18)25(31)32/h3,7-11,14,25H,4-6,12-13H2,1-2H3,(H,33,40)(H,36,41).